The van der Waals surface area contributed by atoms with Gasteiger partial charge < -0.3 is 0 Å². The van der Waals surface area contributed by atoms with Gasteiger partial charge in [0.15, 0.2) is 11.6 Å². The van der Waals surface area contributed by atoms with E-state index in [-0.39, 0.29) is 13.8 Å². The summed E-state index contributed by atoms with van der Waals surface area (Å²) >= 11 is 9.16. The third-order valence-corrected chi connectivity index (χ3v) is 5.72. The molecule has 9 heteroatoms. The molecule has 2 rings (SSSR count). The van der Waals surface area contributed by atoms with Crippen LogP contribution < -0.4 is 4.72 Å². The fraction of sp³-hybridized carbons (Fsp3) is 0. The Morgan fingerprint density at radius 3 is 2.05 bits per heavy atom. The Morgan fingerprint density at radius 1 is 0.905 bits per heavy atom. The predicted molar refractivity (Wildman–Crippen MR) is 86.7 cm³/mol. The highest BCUT2D eigenvalue weighted by molar-refractivity contribution is 9.11. The fourth-order valence-electron chi connectivity index (χ4n) is 1.51. The highest BCUT2D eigenvalue weighted by atomic mass is 79.9. The van der Waals surface area contributed by atoms with Gasteiger partial charge in [-0.3, -0.25) is 4.72 Å². The summed E-state index contributed by atoms with van der Waals surface area (Å²) in [6, 6.07) is 6.39. The van der Waals surface area contributed by atoms with Gasteiger partial charge in [-0.25, -0.2) is 17.2 Å². The van der Waals surface area contributed by atoms with Gasteiger partial charge in [0.05, 0.1) is 0 Å². The zero-order valence-corrected chi connectivity index (χ0v) is 15.6. The quantitative estimate of drug-likeness (QED) is 0.634. The van der Waals surface area contributed by atoms with E-state index in [1.165, 1.54) is 12.1 Å². The van der Waals surface area contributed by atoms with Crippen LogP contribution in [0.15, 0.2) is 48.6 Å². The lowest BCUT2D eigenvalue weighted by Crippen LogP contribution is -2.16. The minimum absolute atomic E-state index is 0.140. The van der Waals surface area contributed by atoms with Crippen LogP contribution in [-0.2, 0) is 10.0 Å². The van der Waals surface area contributed by atoms with Crippen molar-refractivity contribution in [2.24, 2.45) is 0 Å². The van der Waals surface area contributed by atoms with Crippen molar-refractivity contribution >= 4 is 63.5 Å². The van der Waals surface area contributed by atoms with Gasteiger partial charge in [-0.2, -0.15) is 0 Å². The van der Waals surface area contributed by atoms with Crippen LogP contribution in [0.1, 0.15) is 0 Å². The predicted octanol–water partition coefficient (Wildman–Crippen LogP) is 5.05. The van der Waals surface area contributed by atoms with Crippen LogP contribution in [0.2, 0.25) is 0 Å². The van der Waals surface area contributed by atoms with Crippen molar-refractivity contribution in [3.63, 3.8) is 0 Å². The number of nitrogens with one attached hydrogen (secondary N) is 1. The largest absolute Gasteiger partial charge is 0.274 e. The average molecular weight is 506 g/mol. The van der Waals surface area contributed by atoms with Crippen molar-refractivity contribution in [1.29, 1.82) is 0 Å². The van der Waals surface area contributed by atoms with Crippen LogP contribution in [0, 0.1) is 11.6 Å². The van der Waals surface area contributed by atoms with Gasteiger partial charge >= 0.3 is 0 Å². The van der Waals surface area contributed by atoms with Crippen LogP contribution in [0.25, 0.3) is 0 Å². The lowest BCUT2D eigenvalue weighted by Gasteiger charge is -2.12. The molecule has 0 bridgehead atoms. The van der Waals surface area contributed by atoms with Crippen molar-refractivity contribution in [2.45, 2.75) is 4.90 Å². The SMILES string of the molecule is O=S(=O)(Nc1c(F)cc(Br)cc1F)c1cc(Br)ccc1Br. The average Bonchev–Trinajstić information content (AvgIpc) is 2.36. The van der Waals surface area contributed by atoms with E-state index in [9.17, 15) is 17.2 Å². The Bertz CT molecular complexity index is 789. The van der Waals surface area contributed by atoms with Gasteiger partial charge in [-0.15, -0.1) is 0 Å². The number of benzene rings is 2. The van der Waals surface area contributed by atoms with Crippen LogP contribution in [0.4, 0.5) is 14.5 Å². The van der Waals surface area contributed by atoms with Crippen LogP contribution in [-0.4, -0.2) is 8.42 Å². The summed E-state index contributed by atoms with van der Waals surface area (Å²) < 4.78 is 54.8. The molecule has 0 heterocycles. The maximum atomic E-state index is 13.7. The maximum Gasteiger partial charge on any atom is 0.263 e. The van der Waals surface area contributed by atoms with E-state index in [4.69, 9.17) is 0 Å². The molecule has 0 saturated heterocycles. The molecule has 0 aliphatic rings. The molecule has 0 saturated carbocycles. The van der Waals surface area contributed by atoms with Crippen molar-refractivity contribution in [1.82, 2.24) is 0 Å². The lowest BCUT2D eigenvalue weighted by molar-refractivity contribution is 0.581. The molecule has 0 aromatic heterocycles. The minimum atomic E-state index is -4.15. The zero-order chi connectivity index (χ0) is 15.8. The topological polar surface area (TPSA) is 46.2 Å². The Hall–Kier alpha value is -0.510. The second-order valence-corrected chi connectivity index (χ2v) is 8.26. The van der Waals surface area contributed by atoms with E-state index >= 15 is 0 Å². The highest BCUT2D eigenvalue weighted by Gasteiger charge is 2.22. The van der Waals surface area contributed by atoms with Crippen molar-refractivity contribution in [3.8, 4) is 0 Å². The molecule has 21 heavy (non-hydrogen) atoms. The summed E-state index contributed by atoms with van der Waals surface area (Å²) in [7, 11) is -4.15. The first-order chi connectivity index (χ1) is 9.70. The van der Waals surface area contributed by atoms with E-state index < -0.39 is 27.3 Å². The Kier molecular flexibility index (Phi) is 5.07. The van der Waals surface area contributed by atoms with Crippen molar-refractivity contribution in [3.05, 3.63) is 55.4 Å². The molecular formula is C12H6Br3F2NO2S. The third-order valence-electron chi connectivity index (χ3n) is 2.43. The molecule has 0 fully saturated rings. The Morgan fingerprint density at radius 2 is 1.48 bits per heavy atom. The second kappa shape index (κ2) is 6.31. The molecular weight excluding hydrogens is 500 g/mol. The van der Waals surface area contributed by atoms with Gasteiger partial charge in [0.2, 0.25) is 0 Å². The van der Waals surface area contributed by atoms with Crippen molar-refractivity contribution < 1.29 is 17.2 Å². The number of sulfonamides is 1. The molecule has 2 aromatic carbocycles. The lowest BCUT2D eigenvalue weighted by atomic mass is 10.3. The molecule has 0 spiro atoms. The van der Waals surface area contributed by atoms with Crippen LogP contribution >= 0.6 is 47.8 Å². The Balaban J connectivity index is 2.50. The Labute approximate surface area is 145 Å². The number of halogens is 5. The normalized spacial score (nSPS) is 11.5. The molecule has 1 N–H and O–H groups in total. The molecule has 0 atom stereocenters. The van der Waals surface area contributed by atoms with Gasteiger partial charge in [0, 0.05) is 13.4 Å². The molecule has 0 unspecified atom stereocenters. The zero-order valence-electron chi connectivity index (χ0n) is 10.0. The maximum absolute atomic E-state index is 13.7. The number of anilines is 1. The first-order valence-electron chi connectivity index (χ1n) is 5.33. The van der Waals surface area contributed by atoms with E-state index in [0.717, 1.165) is 12.1 Å². The summed E-state index contributed by atoms with van der Waals surface area (Å²) in [5.41, 5.74) is -0.731. The first-order valence-corrected chi connectivity index (χ1v) is 9.19. The fourth-order valence-corrected chi connectivity index (χ4v) is 4.49. The molecule has 0 amide bonds. The van der Waals surface area contributed by atoms with Crippen LogP contribution in [0.3, 0.4) is 0 Å². The van der Waals surface area contributed by atoms with Crippen LogP contribution in [0.5, 0.6) is 0 Å². The first kappa shape index (κ1) is 16.9. The summed E-state index contributed by atoms with van der Waals surface area (Å²) in [6.45, 7) is 0. The smallest absolute Gasteiger partial charge is 0.263 e. The van der Waals surface area contributed by atoms with Gasteiger partial charge in [-0.05, 0) is 46.3 Å². The summed E-state index contributed by atoms with van der Waals surface area (Å²) in [6.07, 6.45) is 0. The number of hydrogen-bond donors (Lipinski definition) is 1. The van der Waals surface area contributed by atoms with E-state index in [1.807, 2.05) is 4.72 Å². The van der Waals surface area contributed by atoms with Gasteiger partial charge in [0.25, 0.3) is 10.0 Å². The molecule has 0 radical (unpaired) electrons. The van der Waals surface area contributed by atoms with E-state index in [1.54, 1.807) is 6.07 Å². The van der Waals surface area contributed by atoms with E-state index in [0.29, 0.717) is 4.47 Å². The second-order valence-electron chi connectivity index (χ2n) is 3.92. The monoisotopic (exact) mass is 503 g/mol. The molecule has 0 aliphatic heterocycles. The van der Waals surface area contributed by atoms with E-state index in [2.05, 4.69) is 47.8 Å². The van der Waals surface area contributed by atoms with Gasteiger partial charge in [0.1, 0.15) is 10.6 Å². The number of hydrogen-bond acceptors (Lipinski definition) is 2. The number of rotatable bonds is 3. The molecule has 112 valence electrons. The van der Waals surface area contributed by atoms with Crippen molar-refractivity contribution in [2.75, 3.05) is 4.72 Å². The standard InChI is InChI=1S/C12H6Br3F2NO2S/c13-6-1-2-8(15)11(5-6)21(19,20)18-12-9(16)3-7(14)4-10(12)17/h1-5,18H. The highest BCUT2D eigenvalue weighted by Crippen LogP contribution is 2.30. The molecule has 2 aromatic rings. The minimum Gasteiger partial charge on any atom is -0.274 e. The molecule has 3 nitrogen and oxygen atoms in total. The third kappa shape index (κ3) is 3.82. The summed E-state index contributed by atoms with van der Waals surface area (Å²) in [4.78, 5) is -0.140. The van der Waals surface area contributed by atoms with Gasteiger partial charge in [-0.1, -0.05) is 31.9 Å². The summed E-state index contributed by atoms with van der Waals surface area (Å²) in [5, 5.41) is 0. The summed E-state index contributed by atoms with van der Waals surface area (Å²) in [5.74, 6) is -2.03. The molecule has 0 aliphatic carbocycles.